The number of piperazine rings is 1. The lowest BCUT2D eigenvalue weighted by Crippen LogP contribution is -2.63. The number of hydrazone groups is 1. The van der Waals surface area contributed by atoms with Gasteiger partial charge in [0.2, 0.25) is 5.91 Å². The topological polar surface area (TPSA) is 189 Å². The van der Waals surface area contributed by atoms with E-state index in [-0.39, 0.29) is 87.0 Å². The summed E-state index contributed by atoms with van der Waals surface area (Å²) in [5.41, 5.74) is 1.73. The van der Waals surface area contributed by atoms with Crippen molar-refractivity contribution in [1.82, 2.24) is 29.7 Å². The second kappa shape index (κ2) is 16.7. The van der Waals surface area contributed by atoms with Crippen molar-refractivity contribution in [2.24, 2.45) is 15.9 Å². The second-order valence-corrected chi connectivity index (χ2v) is 13.4. The Labute approximate surface area is 290 Å². The van der Waals surface area contributed by atoms with Gasteiger partial charge in [-0.1, -0.05) is 20.8 Å². The maximum Gasteiger partial charge on any atom is 0.275 e. The lowest BCUT2D eigenvalue weighted by atomic mass is 9.87. The van der Waals surface area contributed by atoms with Crippen LogP contribution in [0.4, 0.5) is 4.39 Å². The summed E-state index contributed by atoms with van der Waals surface area (Å²) in [5, 5.41) is 19.6. The van der Waals surface area contributed by atoms with Gasteiger partial charge in [-0.05, 0) is 49.6 Å². The summed E-state index contributed by atoms with van der Waals surface area (Å²) in [4.78, 5) is 51.3. The van der Waals surface area contributed by atoms with Gasteiger partial charge in [-0.25, -0.2) is 13.9 Å². The first kappa shape index (κ1) is 38.0. The molecule has 50 heavy (non-hydrogen) atoms. The van der Waals surface area contributed by atoms with Crippen molar-refractivity contribution < 1.29 is 33.4 Å². The Morgan fingerprint density at radius 2 is 1.80 bits per heavy atom. The Morgan fingerprint density at radius 1 is 1.10 bits per heavy atom. The van der Waals surface area contributed by atoms with Crippen molar-refractivity contribution in [3.05, 3.63) is 53.6 Å². The smallest absolute Gasteiger partial charge is 0.275 e. The molecule has 0 atom stereocenters. The average Bonchev–Trinajstić information content (AvgIpc) is 3.50. The zero-order valence-electron chi connectivity index (χ0n) is 29.2. The summed E-state index contributed by atoms with van der Waals surface area (Å²) in [6.45, 7) is 11.6. The van der Waals surface area contributed by atoms with Gasteiger partial charge in [0.05, 0.1) is 56.7 Å². The van der Waals surface area contributed by atoms with Crippen LogP contribution in [0.25, 0.3) is 16.9 Å². The zero-order chi connectivity index (χ0) is 36.5. The molecule has 1 aliphatic heterocycles. The molecular weight excluding hydrogens is 649 g/mol. The molecule has 0 radical (unpaired) electrons. The molecule has 1 aliphatic rings. The highest BCUT2D eigenvalue weighted by molar-refractivity contribution is 6.60. The van der Waals surface area contributed by atoms with Crippen LogP contribution in [0.15, 0.2) is 46.6 Å². The number of fused-ring (bicyclic) bond motifs is 1. The van der Waals surface area contributed by atoms with Crippen molar-refractivity contribution in [2.75, 3.05) is 65.8 Å². The summed E-state index contributed by atoms with van der Waals surface area (Å²) in [6.07, 6.45) is 2.76. The van der Waals surface area contributed by atoms with Gasteiger partial charge in [0.25, 0.3) is 11.8 Å². The van der Waals surface area contributed by atoms with Crippen molar-refractivity contribution in [2.45, 2.75) is 45.6 Å². The molecule has 0 aliphatic carbocycles. The third-order valence-electron chi connectivity index (χ3n) is 8.01. The number of carbonyl (C=O) groups excluding carboxylic acids is 3. The van der Waals surface area contributed by atoms with E-state index >= 15 is 0 Å². The predicted octanol–water partition coefficient (Wildman–Crippen LogP) is 1.42. The number of hydrogen-bond acceptors (Lipinski definition) is 11. The minimum absolute atomic E-state index is 0.0552. The molecule has 270 valence electrons. The highest BCUT2D eigenvalue weighted by Gasteiger charge is 2.40. The Balaban J connectivity index is 1.38. The molecule has 2 aromatic heterocycles. The fraction of sp³-hybridized carbons (Fsp3) is 0.500. The number of carbonyl (C=O) groups is 3. The van der Waals surface area contributed by atoms with E-state index in [4.69, 9.17) is 30.5 Å². The Bertz CT molecular complexity index is 1720. The van der Waals surface area contributed by atoms with Crippen LogP contribution in [0.5, 0.6) is 0 Å². The van der Waals surface area contributed by atoms with Gasteiger partial charge >= 0.3 is 0 Å². The Hall–Kier alpha value is -4.80. The van der Waals surface area contributed by atoms with E-state index in [1.807, 2.05) is 40.7 Å². The standard InChI is InChI=1S/C34H46FN9O6/c1-33(2,3)25-18-26(23-6-8-24(35)9-7-23)41-44-21-28(39-30(25)44)32(48)43-12-11-42(22-34(43,4)5)31(47)27(40-36)19-37-20-29(46)38-10-14-49-16-17-50-15-13-45/h6-9,18-19,21,45H,10-17,20,22,36H2,1-5H3,(H,38,46). The molecule has 4 N–H and O–H groups in total. The number of nitrogens with two attached hydrogens (primary N) is 1. The monoisotopic (exact) mass is 695 g/mol. The summed E-state index contributed by atoms with van der Waals surface area (Å²) in [7, 11) is 0. The molecule has 16 heteroatoms. The van der Waals surface area contributed by atoms with Crippen LogP contribution in [0, 0.1) is 5.82 Å². The van der Waals surface area contributed by atoms with Crippen LogP contribution in [0.1, 0.15) is 50.7 Å². The van der Waals surface area contributed by atoms with E-state index in [2.05, 4.69) is 15.4 Å². The molecule has 4 rings (SSSR count). The molecule has 0 bridgehead atoms. The van der Waals surface area contributed by atoms with Crippen molar-refractivity contribution in [3.63, 3.8) is 0 Å². The number of aliphatic imine (C=N–C) groups is 1. The summed E-state index contributed by atoms with van der Waals surface area (Å²) >= 11 is 0. The molecule has 3 amide bonds. The number of nitrogens with zero attached hydrogens (tertiary/aromatic N) is 7. The third-order valence-corrected chi connectivity index (χ3v) is 8.01. The molecule has 0 saturated carbocycles. The number of aromatic nitrogens is 3. The van der Waals surface area contributed by atoms with Crippen molar-refractivity contribution >= 4 is 35.3 Å². The highest BCUT2D eigenvalue weighted by Crippen LogP contribution is 2.31. The van der Waals surface area contributed by atoms with Gasteiger partial charge in [0.15, 0.2) is 11.4 Å². The molecule has 0 unspecified atom stereocenters. The number of imidazole rings is 1. The minimum atomic E-state index is -0.788. The minimum Gasteiger partial charge on any atom is -0.394 e. The number of amides is 3. The second-order valence-electron chi connectivity index (χ2n) is 13.4. The van der Waals surface area contributed by atoms with Gasteiger partial charge < -0.3 is 35.5 Å². The molecule has 3 heterocycles. The van der Waals surface area contributed by atoms with E-state index in [0.717, 1.165) is 17.3 Å². The summed E-state index contributed by atoms with van der Waals surface area (Å²) < 4.78 is 25.6. The Morgan fingerprint density at radius 3 is 2.44 bits per heavy atom. The number of benzene rings is 1. The van der Waals surface area contributed by atoms with Gasteiger partial charge in [0, 0.05) is 37.3 Å². The number of ether oxygens (including phenoxy) is 2. The van der Waals surface area contributed by atoms with E-state index < -0.39 is 11.4 Å². The van der Waals surface area contributed by atoms with Crippen LogP contribution < -0.4 is 11.2 Å². The van der Waals surface area contributed by atoms with Gasteiger partial charge in [0.1, 0.15) is 18.1 Å². The SMILES string of the molecule is CC(C)(C)c1cc(-c2ccc(F)cc2)nn2cc(C(=O)N3CCN(C(=O)C(C=NCC(=O)NCCOCCOCCO)=NN)CC3(C)C)nc12. The van der Waals surface area contributed by atoms with Gasteiger partial charge in [-0.2, -0.15) is 10.2 Å². The lowest BCUT2D eigenvalue weighted by Gasteiger charge is -2.46. The zero-order valence-corrected chi connectivity index (χ0v) is 29.2. The third kappa shape index (κ3) is 9.67. The largest absolute Gasteiger partial charge is 0.394 e. The number of nitrogens with one attached hydrogen (secondary N) is 1. The van der Waals surface area contributed by atoms with Crippen LogP contribution >= 0.6 is 0 Å². The van der Waals surface area contributed by atoms with E-state index in [9.17, 15) is 18.8 Å². The van der Waals surface area contributed by atoms with E-state index in [0.29, 0.717) is 24.6 Å². The maximum atomic E-state index is 13.9. The quantitative estimate of drug-likeness (QED) is 0.0970. The average molecular weight is 696 g/mol. The number of aliphatic hydroxyl groups excluding tert-OH is 1. The fourth-order valence-electron chi connectivity index (χ4n) is 5.46. The maximum absolute atomic E-state index is 13.9. The highest BCUT2D eigenvalue weighted by atomic mass is 19.1. The van der Waals surface area contributed by atoms with Crippen LogP contribution in [-0.4, -0.2) is 130 Å². The number of aliphatic hydroxyl groups is 1. The molecular formula is C34H46FN9O6. The first-order valence-corrected chi connectivity index (χ1v) is 16.3. The van der Waals surface area contributed by atoms with Crippen LogP contribution in [0.3, 0.4) is 0 Å². The van der Waals surface area contributed by atoms with Gasteiger partial charge in [-0.15, -0.1) is 0 Å². The molecule has 1 fully saturated rings. The summed E-state index contributed by atoms with van der Waals surface area (Å²) in [6, 6.07) is 7.99. The molecule has 0 spiro atoms. The normalized spacial score (nSPS) is 15.2. The van der Waals surface area contributed by atoms with Crippen LogP contribution in [-0.2, 0) is 24.5 Å². The Kier molecular flexibility index (Phi) is 12.7. The fourth-order valence-corrected chi connectivity index (χ4v) is 5.46. The predicted molar refractivity (Wildman–Crippen MR) is 185 cm³/mol. The number of halogens is 1. The van der Waals surface area contributed by atoms with Gasteiger partial charge in [-0.3, -0.25) is 19.4 Å². The molecule has 1 saturated heterocycles. The number of rotatable bonds is 14. The van der Waals surface area contributed by atoms with E-state index in [1.165, 1.54) is 12.1 Å². The lowest BCUT2D eigenvalue weighted by molar-refractivity contribution is -0.128. The van der Waals surface area contributed by atoms with E-state index in [1.54, 1.807) is 32.6 Å². The number of hydrogen-bond donors (Lipinski definition) is 3. The molecule has 1 aromatic carbocycles. The van der Waals surface area contributed by atoms with Crippen molar-refractivity contribution in [3.8, 4) is 11.3 Å². The van der Waals surface area contributed by atoms with Crippen molar-refractivity contribution in [1.29, 1.82) is 0 Å². The van der Waals surface area contributed by atoms with Crippen LogP contribution in [0.2, 0.25) is 0 Å². The summed E-state index contributed by atoms with van der Waals surface area (Å²) in [5.74, 6) is 4.01. The first-order chi connectivity index (χ1) is 23.7. The molecule has 3 aromatic rings. The molecule has 15 nitrogen and oxygen atoms in total. The first-order valence-electron chi connectivity index (χ1n) is 16.3.